The van der Waals surface area contributed by atoms with Crippen LogP contribution in [0, 0.1) is 0 Å². The lowest BCUT2D eigenvalue weighted by molar-refractivity contribution is -0.144. The predicted molar refractivity (Wildman–Crippen MR) is 135 cm³/mol. The Bertz CT molecular complexity index is 1190. The van der Waals surface area contributed by atoms with E-state index in [0.717, 1.165) is 37.2 Å². The van der Waals surface area contributed by atoms with Crippen molar-refractivity contribution in [3.63, 3.8) is 0 Å². The maximum absolute atomic E-state index is 11.8. The van der Waals surface area contributed by atoms with E-state index in [0.29, 0.717) is 13.2 Å². The molecule has 0 amide bonds. The summed E-state index contributed by atoms with van der Waals surface area (Å²) in [5.74, 6) is -0.144. The van der Waals surface area contributed by atoms with Crippen molar-refractivity contribution >= 4 is 22.7 Å². The minimum absolute atomic E-state index is 0.0454. The van der Waals surface area contributed by atoms with Gasteiger partial charge in [0.25, 0.3) is 0 Å². The normalized spacial score (nSPS) is 14.6. The Kier molecular flexibility index (Phi) is 6.58. The summed E-state index contributed by atoms with van der Waals surface area (Å²) in [6.07, 6.45) is 1.95. The number of ether oxygens (including phenoxy) is 1. The van der Waals surface area contributed by atoms with Gasteiger partial charge >= 0.3 is 5.97 Å². The number of aromatic nitrogens is 2. The van der Waals surface area contributed by atoms with Crippen LogP contribution < -0.4 is 4.90 Å². The highest BCUT2D eigenvalue weighted by molar-refractivity contribution is 5.80. The highest BCUT2D eigenvalue weighted by Gasteiger charge is 2.22. The maximum atomic E-state index is 11.8. The van der Waals surface area contributed by atoms with Crippen molar-refractivity contribution in [2.24, 2.45) is 0 Å². The summed E-state index contributed by atoms with van der Waals surface area (Å²) < 4.78 is 7.38. The van der Waals surface area contributed by atoms with Gasteiger partial charge in [-0.3, -0.25) is 9.69 Å². The zero-order valence-electron chi connectivity index (χ0n) is 19.5. The minimum Gasteiger partial charge on any atom is -0.465 e. The molecule has 0 bridgehead atoms. The van der Waals surface area contributed by atoms with Crippen LogP contribution in [0.3, 0.4) is 0 Å². The van der Waals surface area contributed by atoms with E-state index in [4.69, 9.17) is 9.72 Å². The second kappa shape index (κ2) is 10.1. The quantitative estimate of drug-likeness (QED) is 0.389. The van der Waals surface area contributed by atoms with E-state index in [-0.39, 0.29) is 12.0 Å². The number of fused-ring (bicyclic) bond motifs is 1. The number of esters is 1. The molecule has 4 aromatic rings. The van der Waals surface area contributed by atoms with Crippen LogP contribution in [-0.2, 0) is 9.53 Å². The lowest BCUT2D eigenvalue weighted by Crippen LogP contribution is -2.48. The fraction of sp³-hybridized carbons (Fsp3) is 0.286. The molecule has 0 N–H and O–H groups in total. The Hall–Kier alpha value is -3.64. The molecule has 1 saturated heterocycles. The fourth-order valence-corrected chi connectivity index (χ4v) is 4.75. The van der Waals surface area contributed by atoms with E-state index in [1.54, 1.807) is 0 Å². The van der Waals surface area contributed by atoms with Gasteiger partial charge in [0.2, 0.25) is 0 Å². The highest BCUT2D eigenvalue weighted by Crippen LogP contribution is 2.31. The number of nitrogens with zero attached hydrogens (tertiary/aromatic N) is 4. The van der Waals surface area contributed by atoms with Crippen molar-refractivity contribution in [3.8, 4) is 0 Å². The van der Waals surface area contributed by atoms with Gasteiger partial charge in [-0.1, -0.05) is 60.7 Å². The standard InChI is InChI=1S/C28H30N4O2/c1-2-34-27(33)20-30-15-17-31(18-16-30)24-13-14-25-26(19-24)32(21-29-25)28(22-9-5-3-6-10-22)23-11-7-4-8-12-23/h3-14,19,21,28H,2,15-18,20H2,1H3. The summed E-state index contributed by atoms with van der Waals surface area (Å²) in [4.78, 5) is 21.1. The number of imidazole rings is 1. The molecule has 1 aromatic heterocycles. The molecule has 1 fully saturated rings. The van der Waals surface area contributed by atoms with Crippen LogP contribution in [-0.4, -0.2) is 59.8 Å². The average molecular weight is 455 g/mol. The molecule has 1 aliphatic heterocycles. The third-order valence-electron chi connectivity index (χ3n) is 6.46. The molecule has 2 heterocycles. The molecule has 5 rings (SSSR count). The Morgan fingerprint density at radius 3 is 2.18 bits per heavy atom. The first kappa shape index (κ1) is 22.2. The van der Waals surface area contributed by atoms with Crippen molar-refractivity contribution in [2.45, 2.75) is 13.0 Å². The van der Waals surface area contributed by atoms with E-state index in [2.05, 4.69) is 93.2 Å². The zero-order valence-corrected chi connectivity index (χ0v) is 19.5. The lowest BCUT2D eigenvalue weighted by Gasteiger charge is -2.35. The van der Waals surface area contributed by atoms with Gasteiger partial charge in [-0.15, -0.1) is 0 Å². The van der Waals surface area contributed by atoms with Gasteiger partial charge in [-0.05, 0) is 36.2 Å². The first-order chi connectivity index (χ1) is 16.7. The number of carbonyl (C=O) groups is 1. The molecule has 1 aliphatic rings. The summed E-state index contributed by atoms with van der Waals surface area (Å²) in [5.41, 5.74) is 5.74. The molecule has 0 aliphatic carbocycles. The monoisotopic (exact) mass is 454 g/mol. The number of benzene rings is 3. The maximum Gasteiger partial charge on any atom is 0.320 e. The summed E-state index contributed by atoms with van der Waals surface area (Å²) in [6, 6.07) is 27.7. The highest BCUT2D eigenvalue weighted by atomic mass is 16.5. The Labute approximate surface area is 200 Å². The van der Waals surface area contributed by atoms with Crippen molar-refractivity contribution in [2.75, 3.05) is 44.2 Å². The topological polar surface area (TPSA) is 50.6 Å². The molecule has 34 heavy (non-hydrogen) atoms. The van der Waals surface area contributed by atoms with E-state index in [9.17, 15) is 4.79 Å². The van der Waals surface area contributed by atoms with Gasteiger partial charge in [0.1, 0.15) is 0 Å². The van der Waals surface area contributed by atoms with Crippen LogP contribution in [0.15, 0.2) is 85.2 Å². The Balaban J connectivity index is 1.43. The fourth-order valence-electron chi connectivity index (χ4n) is 4.75. The van der Waals surface area contributed by atoms with Crippen molar-refractivity contribution in [1.82, 2.24) is 14.5 Å². The average Bonchev–Trinajstić information content (AvgIpc) is 3.29. The minimum atomic E-state index is -0.144. The first-order valence-corrected chi connectivity index (χ1v) is 11.9. The molecule has 0 spiro atoms. The number of anilines is 1. The number of piperazine rings is 1. The smallest absolute Gasteiger partial charge is 0.320 e. The van der Waals surface area contributed by atoms with Gasteiger partial charge in [0, 0.05) is 31.9 Å². The summed E-state index contributed by atoms with van der Waals surface area (Å²) in [6.45, 7) is 6.07. The van der Waals surface area contributed by atoms with Crippen molar-refractivity contribution < 1.29 is 9.53 Å². The molecule has 0 radical (unpaired) electrons. The third-order valence-corrected chi connectivity index (χ3v) is 6.46. The van der Waals surface area contributed by atoms with E-state index >= 15 is 0 Å². The van der Waals surface area contributed by atoms with Gasteiger partial charge in [-0.25, -0.2) is 4.98 Å². The van der Waals surface area contributed by atoms with Gasteiger partial charge in [0.05, 0.1) is 36.6 Å². The van der Waals surface area contributed by atoms with Crippen LogP contribution in [0.2, 0.25) is 0 Å². The Morgan fingerprint density at radius 2 is 1.56 bits per heavy atom. The largest absolute Gasteiger partial charge is 0.465 e. The van der Waals surface area contributed by atoms with Crippen LogP contribution in [0.4, 0.5) is 5.69 Å². The summed E-state index contributed by atoms with van der Waals surface area (Å²) in [7, 11) is 0. The van der Waals surface area contributed by atoms with Gasteiger partial charge < -0.3 is 14.2 Å². The molecule has 174 valence electrons. The first-order valence-electron chi connectivity index (χ1n) is 11.9. The summed E-state index contributed by atoms with van der Waals surface area (Å²) >= 11 is 0. The number of carbonyl (C=O) groups excluding carboxylic acids is 1. The molecule has 0 unspecified atom stereocenters. The SMILES string of the molecule is CCOC(=O)CN1CCN(c2ccc3ncn(C(c4ccccc4)c4ccccc4)c3c2)CC1. The van der Waals surface area contributed by atoms with E-state index in [1.807, 2.05) is 13.3 Å². The number of hydrogen-bond acceptors (Lipinski definition) is 5. The van der Waals surface area contributed by atoms with Crippen molar-refractivity contribution in [1.29, 1.82) is 0 Å². The predicted octanol–water partition coefficient (Wildman–Crippen LogP) is 4.36. The molecule has 0 saturated carbocycles. The molecule has 6 nitrogen and oxygen atoms in total. The van der Waals surface area contributed by atoms with Crippen molar-refractivity contribution in [3.05, 3.63) is 96.3 Å². The second-order valence-electron chi connectivity index (χ2n) is 8.62. The van der Waals surface area contributed by atoms with Gasteiger partial charge in [-0.2, -0.15) is 0 Å². The van der Waals surface area contributed by atoms with Crippen LogP contribution in [0.1, 0.15) is 24.1 Å². The van der Waals surface area contributed by atoms with Crippen LogP contribution in [0.25, 0.3) is 11.0 Å². The molecule has 6 heteroatoms. The molecule has 3 aromatic carbocycles. The lowest BCUT2D eigenvalue weighted by atomic mass is 9.98. The van der Waals surface area contributed by atoms with Crippen LogP contribution in [0.5, 0.6) is 0 Å². The third kappa shape index (κ3) is 4.68. The number of hydrogen-bond donors (Lipinski definition) is 0. The zero-order chi connectivity index (χ0) is 23.3. The molecular formula is C28H30N4O2. The van der Waals surface area contributed by atoms with Gasteiger partial charge in [0.15, 0.2) is 0 Å². The van der Waals surface area contributed by atoms with E-state index < -0.39 is 0 Å². The Morgan fingerprint density at radius 1 is 0.912 bits per heavy atom. The van der Waals surface area contributed by atoms with E-state index in [1.165, 1.54) is 16.8 Å². The summed E-state index contributed by atoms with van der Waals surface area (Å²) in [5, 5.41) is 0. The van der Waals surface area contributed by atoms with Crippen LogP contribution >= 0.6 is 0 Å². The molecular weight excluding hydrogens is 424 g/mol. The molecule has 0 atom stereocenters. The number of rotatable bonds is 7. The second-order valence-corrected chi connectivity index (χ2v) is 8.62.